The summed E-state index contributed by atoms with van der Waals surface area (Å²) in [6.07, 6.45) is 1.97. The number of hydrogen-bond acceptors (Lipinski definition) is 2. The van der Waals surface area contributed by atoms with E-state index in [4.69, 9.17) is 0 Å². The summed E-state index contributed by atoms with van der Waals surface area (Å²) in [6, 6.07) is 6.28. The van der Waals surface area contributed by atoms with Crippen molar-refractivity contribution in [1.29, 1.82) is 0 Å². The zero-order valence-electron chi connectivity index (χ0n) is 13.1. The lowest BCUT2D eigenvalue weighted by Crippen LogP contribution is -2.44. The van der Waals surface area contributed by atoms with Gasteiger partial charge in [0.15, 0.2) is 0 Å². The first-order chi connectivity index (χ1) is 9.88. The summed E-state index contributed by atoms with van der Waals surface area (Å²) >= 11 is 0. The normalized spacial score (nSPS) is 20.9. The molecule has 1 aliphatic heterocycles. The van der Waals surface area contributed by atoms with E-state index in [9.17, 15) is 9.18 Å². The summed E-state index contributed by atoms with van der Waals surface area (Å²) in [5.74, 6) is -0.135. The van der Waals surface area contributed by atoms with E-state index in [2.05, 4.69) is 31.4 Å². The smallest absolute Gasteiger partial charge is 0.224 e. The number of rotatable bonds is 3. The molecule has 1 aliphatic rings. The van der Waals surface area contributed by atoms with Crippen molar-refractivity contribution in [3.05, 3.63) is 35.6 Å². The summed E-state index contributed by atoms with van der Waals surface area (Å²) in [5, 5.41) is 6.43. The van der Waals surface area contributed by atoms with E-state index in [-0.39, 0.29) is 29.1 Å². The molecule has 0 aliphatic carbocycles. The minimum atomic E-state index is -0.255. The van der Waals surface area contributed by atoms with Gasteiger partial charge in [0, 0.05) is 6.54 Å². The Labute approximate surface area is 126 Å². The second-order valence-corrected chi connectivity index (χ2v) is 6.90. The van der Waals surface area contributed by atoms with E-state index >= 15 is 0 Å². The van der Waals surface area contributed by atoms with Crippen molar-refractivity contribution < 1.29 is 9.18 Å². The highest BCUT2D eigenvalue weighted by Crippen LogP contribution is 2.33. The molecule has 2 N–H and O–H groups in total. The number of carbonyl (C=O) groups is 1. The monoisotopic (exact) mass is 292 g/mol. The predicted molar refractivity (Wildman–Crippen MR) is 82.3 cm³/mol. The average molecular weight is 292 g/mol. The lowest BCUT2D eigenvalue weighted by atomic mass is 9.82. The molecule has 4 heteroatoms. The van der Waals surface area contributed by atoms with E-state index in [1.165, 1.54) is 12.1 Å². The molecule has 1 heterocycles. The third-order valence-corrected chi connectivity index (χ3v) is 4.02. The number of carbonyl (C=O) groups excluding carboxylic acids is 1. The van der Waals surface area contributed by atoms with Crippen LogP contribution in [-0.4, -0.2) is 19.0 Å². The van der Waals surface area contributed by atoms with Crippen LogP contribution in [0, 0.1) is 17.2 Å². The first-order valence-electron chi connectivity index (χ1n) is 7.64. The van der Waals surface area contributed by atoms with Gasteiger partial charge in [-0.25, -0.2) is 4.39 Å². The first-order valence-corrected chi connectivity index (χ1v) is 7.64. The minimum absolute atomic E-state index is 0.0315. The molecule has 0 bridgehead atoms. The van der Waals surface area contributed by atoms with Crippen LogP contribution >= 0.6 is 0 Å². The van der Waals surface area contributed by atoms with Crippen molar-refractivity contribution >= 4 is 5.91 Å². The summed E-state index contributed by atoms with van der Waals surface area (Å²) in [7, 11) is 0. The van der Waals surface area contributed by atoms with Crippen LogP contribution in [0.4, 0.5) is 4.39 Å². The van der Waals surface area contributed by atoms with Gasteiger partial charge < -0.3 is 10.6 Å². The van der Waals surface area contributed by atoms with Crippen molar-refractivity contribution in [2.75, 3.05) is 13.1 Å². The highest BCUT2D eigenvalue weighted by Gasteiger charge is 2.30. The van der Waals surface area contributed by atoms with Crippen LogP contribution in [-0.2, 0) is 4.79 Å². The third-order valence-electron chi connectivity index (χ3n) is 4.02. The van der Waals surface area contributed by atoms with E-state index in [1.54, 1.807) is 12.1 Å². The Hall–Kier alpha value is -1.42. The standard InChI is InChI=1S/C17H25FN2O/c1-17(2,3)15(12-6-8-14(18)9-7-12)20-16(21)13-5-4-10-19-11-13/h6-9,13,15,19H,4-5,10-11H2,1-3H3,(H,20,21)/t13-,15?/m0/s1. The number of piperidine rings is 1. The Kier molecular flexibility index (Phi) is 4.99. The molecule has 1 aromatic carbocycles. The number of halogens is 1. The van der Waals surface area contributed by atoms with Gasteiger partial charge in [0.25, 0.3) is 0 Å². The Morgan fingerprint density at radius 3 is 2.52 bits per heavy atom. The Morgan fingerprint density at radius 2 is 2.00 bits per heavy atom. The molecule has 1 aromatic rings. The van der Waals surface area contributed by atoms with Crippen LogP contribution in [0.5, 0.6) is 0 Å². The van der Waals surface area contributed by atoms with Crippen LogP contribution in [0.15, 0.2) is 24.3 Å². The van der Waals surface area contributed by atoms with Crippen LogP contribution in [0.1, 0.15) is 45.2 Å². The molecule has 2 rings (SSSR count). The summed E-state index contributed by atoms with van der Waals surface area (Å²) in [4.78, 5) is 12.5. The lowest BCUT2D eigenvalue weighted by molar-refractivity contribution is -0.127. The topological polar surface area (TPSA) is 41.1 Å². The summed E-state index contributed by atoms with van der Waals surface area (Å²) in [5.41, 5.74) is 0.816. The van der Waals surface area contributed by atoms with Gasteiger partial charge in [-0.3, -0.25) is 4.79 Å². The van der Waals surface area contributed by atoms with Crippen LogP contribution in [0.25, 0.3) is 0 Å². The van der Waals surface area contributed by atoms with Gasteiger partial charge >= 0.3 is 0 Å². The van der Waals surface area contributed by atoms with Gasteiger partial charge in [-0.2, -0.15) is 0 Å². The van der Waals surface area contributed by atoms with Crippen molar-refractivity contribution in [2.45, 2.75) is 39.7 Å². The zero-order chi connectivity index (χ0) is 15.5. The van der Waals surface area contributed by atoms with Gasteiger partial charge in [-0.15, -0.1) is 0 Å². The lowest BCUT2D eigenvalue weighted by Gasteiger charge is -2.34. The van der Waals surface area contributed by atoms with Gasteiger partial charge in [0.05, 0.1) is 12.0 Å². The maximum Gasteiger partial charge on any atom is 0.224 e. The summed E-state index contributed by atoms with van der Waals surface area (Å²) < 4.78 is 13.1. The molecule has 1 unspecified atom stereocenters. The predicted octanol–water partition coefficient (Wildman–Crippen LogP) is 3.03. The van der Waals surface area contributed by atoms with Crippen molar-refractivity contribution in [1.82, 2.24) is 10.6 Å². The molecular weight excluding hydrogens is 267 g/mol. The molecule has 2 atom stereocenters. The first kappa shape index (κ1) is 16.0. The maximum absolute atomic E-state index is 13.1. The SMILES string of the molecule is CC(C)(C)C(NC(=O)[C@H]1CCCNC1)c1ccc(F)cc1. The van der Waals surface area contributed by atoms with Crippen LogP contribution in [0.3, 0.4) is 0 Å². The highest BCUT2D eigenvalue weighted by molar-refractivity contribution is 5.79. The Morgan fingerprint density at radius 1 is 1.33 bits per heavy atom. The van der Waals surface area contributed by atoms with E-state index < -0.39 is 0 Å². The molecule has 3 nitrogen and oxygen atoms in total. The Bertz CT molecular complexity index is 473. The second kappa shape index (κ2) is 6.56. The van der Waals surface area contributed by atoms with E-state index in [0.717, 1.165) is 31.5 Å². The molecule has 1 fully saturated rings. The number of benzene rings is 1. The van der Waals surface area contributed by atoms with Gasteiger partial charge in [-0.1, -0.05) is 32.9 Å². The number of nitrogens with one attached hydrogen (secondary N) is 2. The maximum atomic E-state index is 13.1. The largest absolute Gasteiger partial charge is 0.348 e. The molecule has 116 valence electrons. The summed E-state index contributed by atoms with van der Waals surface area (Å²) in [6.45, 7) is 7.98. The highest BCUT2D eigenvalue weighted by atomic mass is 19.1. The minimum Gasteiger partial charge on any atom is -0.348 e. The second-order valence-electron chi connectivity index (χ2n) is 6.90. The van der Waals surface area contributed by atoms with Crippen molar-refractivity contribution in [3.63, 3.8) is 0 Å². The fraction of sp³-hybridized carbons (Fsp3) is 0.588. The molecule has 1 amide bonds. The molecule has 1 saturated heterocycles. The molecule has 0 spiro atoms. The third kappa shape index (κ3) is 4.27. The van der Waals surface area contributed by atoms with Crippen LogP contribution < -0.4 is 10.6 Å². The fourth-order valence-corrected chi connectivity index (χ4v) is 2.79. The van der Waals surface area contributed by atoms with Crippen molar-refractivity contribution in [3.8, 4) is 0 Å². The number of hydrogen-bond donors (Lipinski definition) is 2. The average Bonchev–Trinajstić information content (AvgIpc) is 2.45. The van der Waals surface area contributed by atoms with E-state index in [1.807, 2.05) is 0 Å². The van der Waals surface area contributed by atoms with Gasteiger partial charge in [-0.05, 0) is 42.5 Å². The quantitative estimate of drug-likeness (QED) is 0.899. The molecule has 21 heavy (non-hydrogen) atoms. The number of amides is 1. The Balaban J connectivity index is 2.13. The van der Waals surface area contributed by atoms with Gasteiger partial charge in [0.1, 0.15) is 5.82 Å². The molecule has 0 radical (unpaired) electrons. The molecule has 0 saturated carbocycles. The fourth-order valence-electron chi connectivity index (χ4n) is 2.79. The molecule has 0 aromatic heterocycles. The van der Waals surface area contributed by atoms with Crippen LogP contribution in [0.2, 0.25) is 0 Å². The van der Waals surface area contributed by atoms with E-state index in [0.29, 0.717) is 0 Å². The van der Waals surface area contributed by atoms with Gasteiger partial charge in [0.2, 0.25) is 5.91 Å². The zero-order valence-corrected chi connectivity index (χ0v) is 13.1. The molecular formula is C17H25FN2O. The van der Waals surface area contributed by atoms with Crippen molar-refractivity contribution in [2.24, 2.45) is 11.3 Å².